The molecule has 0 N–H and O–H groups in total. The molecule has 24 heavy (non-hydrogen) atoms. The number of aromatic nitrogens is 2. The van der Waals surface area contributed by atoms with Gasteiger partial charge in [0, 0.05) is 43.5 Å². The van der Waals surface area contributed by atoms with Crippen molar-refractivity contribution in [1.82, 2.24) is 19.6 Å². The minimum Gasteiger partial charge on any atom is -0.300 e. The minimum absolute atomic E-state index is 0.576. The smallest absolute Gasteiger partial charge is 0.0641 e. The maximum absolute atomic E-state index is 4.65. The summed E-state index contributed by atoms with van der Waals surface area (Å²) >= 11 is 0. The Labute approximate surface area is 146 Å². The summed E-state index contributed by atoms with van der Waals surface area (Å²) in [6.07, 6.45) is 1.14. The molecule has 1 aromatic heterocycles. The Kier molecular flexibility index (Phi) is 5.07. The number of fused-ring (bicyclic) bond motifs is 1. The summed E-state index contributed by atoms with van der Waals surface area (Å²) in [5, 5.41) is 4.65. The van der Waals surface area contributed by atoms with E-state index in [1.165, 1.54) is 28.1 Å². The van der Waals surface area contributed by atoms with Crippen LogP contribution in [0.2, 0.25) is 0 Å². The van der Waals surface area contributed by atoms with E-state index >= 15 is 0 Å². The Balaban J connectivity index is 1.67. The van der Waals surface area contributed by atoms with Crippen LogP contribution in [0, 0.1) is 13.8 Å². The third-order valence-corrected chi connectivity index (χ3v) is 5.40. The molecular formula is C20H30N4. The number of nitrogens with zero attached hydrogens (tertiary/aromatic N) is 4. The van der Waals surface area contributed by atoms with Crippen molar-refractivity contribution >= 4 is 0 Å². The highest BCUT2D eigenvalue weighted by molar-refractivity contribution is 5.30. The minimum atomic E-state index is 0.576. The van der Waals surface area contributed by atoms with Crippen LogP contribution < -0.4 is 0 Å². The molecule has 1 aromatic carbocycles. The summed E-state index contributed by atoms with van der Waals surface area (Å²) in [5.74, 6) is 0. The SMILES string of the molecule is CCn1nc(C)c(CN(C)C[C@H]2Cc3ccccc3CN2C)c1C. The maximum atomic E-state index is 4.65. The lowest BCUT2D eigenvalue weighted by Crippen LogP contribution is -2.44. The molecular weight excluding hydrogens is 296 g/mol. The van der Waals surface area contributed by atoms with Gasteiger partial charge in [0.25, 0.3) is 0 Å². The van der Waals surface area contributed by atoms with E-state index in [1.807, 2.05) is 0 Å². The monoisotopic (exact) mass is 326 g/mol. The summed E-state index contributed by atoms with van der Waals surface area (Å²) in [6, 6.07) is 9.44. The van der Waals surface area contributed by atoms with Crippen LogP contribution in [0.5, 0.6) is 0 Å². The van der Waals surface area contributed by atoms with Crippen molar-refractivity contribution in [2.24, 2.45) is 0 Å². The Morgan fingerprint density at radius 1 is 1.21 bits per heavy atom. The quantitative estimate of drug-likeness (QED) is 0.844. The molecule has 0 saturated heterocycles. The van der Waals surface area contributed by atoms with Crippen LogP contribution in [0.15, 0.2) is 24.3 Å². The first-order valence-corrected chi connectivity index (χ1v) is 8.98. The lowest BCUT2D eigenvalue weighted by atomic mass is 9.94. The van der Waals surface area contributed by atoms with Gasteiger partial charge in [-0.05, 0) is 52.4 Å². The van der Waals surface area contributed by atoms with Gasteiger partial charge in [-0.25, -0.2) is 0 Å². The molecule has 0 saturated carbocycles. The lowest BCUT2D eigenvalue weighted by molar-refractivity contribution is 0.158. The van der Waals surface area contributed by atoms with E-state index in [9.17, 15) is 0 Å². The largest absolute Gasteiger partial charge is 0.300 e. The predicted molar refractivity (Wildman–Crippen MR) is 99.1 cm³/mol. The molecule has 0 bridgehead atoms. The second-order valence-electron chi connectivity index (χ2n) is 7.20. The number of hydrogen-bond donors (Lipinski definition) is 0. The fraction of sp³-hybridized carbons (Fsp3) is 0.550. The zero-order valence-electron chi connectivity index (χ0n) is 15.7. The Hall–Kier alpha value is -1.65. The Morgan fingerprint density at radius 2 is 1.92 bits per heavy atom. The standard InChI is InChI=1S/C20H30N4/c1-6-24-16(3)20(15(2)21-24)14-22(4)13-19-11-17-9-7-8-10-18(17)12-23(19)5/h7-10,19H,6,11-14H2,1-5H3/t19-/m1/s1. The first kappa shape index (κ1) is 17.2. The van der Waals surface area contributed by atoms with Crippen molar-refractivity contribution in [3.8, 4) is 0 Å². The Morgan fingerprint density at radius 3 is 2.58 bits per heavy atom. The molecule has 0 fully saturated rings. The van der Waals surface area contributed by atoms with E-state index in [4.69, 9.17) is 0 Å². The van der Waals surface area contributed by atoms with E-state index in [2.05, 4.69) is 78.7 Å². The molecule has 1 aliphatic rings. The van der Waals surface area contributed by atoms with Crippen LogP contribution in [0.25, 0.3) is 0 Å². The zero-order chi connectivity index (χ0) is 17.3. The fourth-order valence-electron chi connectivity index (χ4n) is 3.89. The second-order valence-corrected chi connectivity index (χ2v) is 7.20. The average molecular weight is 326 g/mol. The molecule has 4 heteroatoms. The molecule has 0 amide bonds. The van der Waals surface area contributed by atoms with E-state index in [0.717, 1.165) is 32.6 Å². The van der Waals surface area contributed by atoms with Crippen molar-refractivity contribution < 1.29 is 0 Å². The van der Waals surface area contributed by atoms with E-state index in [0.29, 0.717) is 6.04 Å². The molecule has 3 rings (SSSR count). The molecule has 2 aromatic rings. The van der Waals surface area contributed by atoms with Gasteiger partial charge in [-0.15, -0.1) is 0 Å². The third kappa shape index (κ3) is 3.40. The predicted octanol–water partition coefficient (Wildman–Crippen LogP) is 3.01. The van der Waals surface area contributed by atoms with Gasteiger partial charge >= 0.3 is 0 Å². The van der Waals surface area contributed by atoms with Gasteiger partial charge in [-0.1, -0.05) is 24.3 Å². The molecule has 130 valence electrons. The number of rotatable bonds is 5. The summed E-state index contributed by atoms with van der Waals surface area (Å²) in [6.45, 7) is 10.5. The van der Waals surface area contributed by atoms with Crippen LogP contribution in [-0.4, -0.2) is 46.3 Å². The topological polar surface area (TPSA) is 24.3 Å². The van der Waals surface area contributed by atoms with E-state index in [1.54, 1.807) is 0 Å². The van der Waals surface area contributed by atoms with Crippen molar-refractivity contribution in [2.45, 2.75) is 52.9 Å². The summed E-state index contributed by atoms with van der Waals surface area (Å²) in [5.41, 5.74) is 6.86. The first-order chi connectivity index (χ1) is 11.5. The summed E-state index contributed by atoms with van der Waals surface area (Å²) in [4.78, 5) is 4.94. The van der Waals surface area contributed by atoms with Crippen LogP contribution in [0.3, 0.4) is 0 Å². The van der Waals surface area contributed by atoms with Gasteiger partial charge < -0.3 is 4.90 Å². The van der Waals surface area contributed by atoms with E-state index < -0.39 is 0 Å². The van der Waals surface area contributed by atoms with Crippen LogP contribution >= 0.6 is 0 Å². The molecule has 0 radical (unpaired) electrons. The normalized spacial score (nSPS) is 18.2. The zero-order valence-corrected chi connectivity index (χ0v) is 15.7. The van der Waals surface area contributed by atoms with Gasteiger partial charge in [-0.2, -0.15) is 5.10 Å². The van der Waals surface area contributed by atoms with Crippen LogP contribution in [0.4, 0.5) is 0 Å². The number of likely N-dealkylation sites (N-methyl/N-ethyl adjacent to an activating group) is 2. The van der Waals surface area contributed by atoms with Gasteiger partial charge in [-0.3, -0.25) is 9.58 Å². The molecule has 0 unspecified atom stereocenters. The van der Waals surface area contributed by atoms with Crippen LogP contribution in [0.1, 0.15) is 35.0 Å². The lowest BCUT2D eigenvalue weighted by Gasteiger charge is -2.36. The van der Waals surface area contributed by atoms with Gasteiger partial charge in [0.15, 0.2) is 0 Å². The maximum Gasteiger partial charge on any atom is 0.0641 e. The molecule has 4 nitrogen and oxygen atoms in total. The van der Waals surface area contributed by atoms with Crippen molar-refractivity contribution in [3.05, 3.63) is 52.3 Å². The number of benzene rings is 1. The second kappa shape index (κ2) is 7.08. The highest BCUT2D eigenvalue weighted by atomic mass is 15.3. The highest BCUT2D eigenvalue weighted by Gasteiger charge is 2.24. The highest BCUT2D eigenvalue weighted by Crippen LogP contribution is 2.23. The molecule has 0 aliphatic carbocycles. The van der Waals surface area contributed by atoms with Crippen molar-refractivity contribution in [2.75, 3.05) is 20.6 Å². The molecule has 1 atom stereocenters. The Bertz CT molecular complexity index is 704. The van der Waals surface area contributed by atoms with Crippen molar-refractivity contribution in [1.29, 1.82) is 0 Å². The molecule has 2 heterocycles. The first-order valence-electron chi connectivity index (χ1n) is 8.98. The van der Waals surface area contributed by atoms with Crippen molar-refractivity contribution in [3.63, 3.8) is 0 Å². The third-order valence-electron chi connectivity index (χ3n) is 5.40. The molecule has 0 spiro atoms. The summed E-state index contributed by atoms with van der Waals surface area (Å²) in [7, 11) is 4.48. The molecule has 1 aliphatic heterocycles. The fourth-order valence-corrected chi connectivity index (χ4v) is 3.89. The van der Waals surface area contributed by atoms with Gasteiger partial charge in [0.1, 0.15) is 0 Å². The number of aryl methyl sites for hydroxylation is 2. The van der Waals surface area contributed by atoms with E-state index in [-0.39, 0.29) is 0 Å². The number of hydrogen-bond acceptors (Lipinski definition) is 3. The average Bonchev–Trinajstić information content (AvgIpc) is 2.83. The van der Waals surface area contributed by atoms with Gasteiger partial charge in [0.05, 0.1) is 5.69 Å². The van der Waals surface area contributed by atoms with Gasteiger partial charge in [0.2, 0.25) is 0 Å². The summed E-state index contributed by atoms with van der Waals surface area (Å²) < 4.78 is 2.11. The van der Waals surface area contributed by atoms with Crippen LogP contribution in [-0.2, 0) is 26.1 Å².